The topological polar surface area (TPSA) is 77.9 Å². The fraction of sp³-hybridized carbons (Fsp3) is 0.450. The van der Waals surface area contributed by atoms with Crippen molar-refractivity contribution < 1.29 is 5.11 Å². The van der Waals surface area contributed by atoms with E-state index in [9.17, 15) is 5.11 Å². The molecular weight excluding hydrogens is 362 g/mol. The summed E-state index contributed by atoms with van der Waals surface area (Å²) in [5, 5.41) is 20.0. The maximum absolute atomic E-state index is 11.4. The lowest BCUT2D eigenvalue weighted by molar-refractivity contribution is -0.0108. The molecule has 1 saturated heterocycles. The fourth-order valence-corrected chi connectivity index (χ4v) is 5.05. The number of rotatable bonds is 3. The lowest BCUT2D eigenvalue weighted by Gasteiger charge is -2.29. The van der Waals surface area contributed by atoms with Gasteiger partial charge in [0.05, 0.1) is 11.1 Å². The molecule has 2 fully saturated rings. The first-order chi connectivity index (χ1) is 13.0. The number of H-pyrrole nitrogens is 1. The van der Waals surface area contributed by atoms with Crippen LogP contribution in [-0.4, -0.2) is 43.3 Å². The van der Waals surface area contributed by atoms with E-state index in [4.69, 9.17) is 11.6 Å². The van der Waals surface area contributed by atoms with Gasteiger partial charge in [-0.15, -0.1) is 0 Å². The standard InChI is InChI=1S/C20H22ClN5O/c1-12-2-3-17(23-6-12)20(27)5-4-13-9-26(11-16(13)20)10-14-7-22-8-15-18(14)24-25-19(15)21/h2-3,6-8,13,16,27H,4-5,9-11H2,1H3,(H,24,25)/t13-,16+,20-/m0/s1. The van der Waals surface area contributed by atoms with Crippen molar-refractivity contribution in [2.75, 3.05) is 13.1 Å². The number of aryl methyl sites for hydroxylation is 1. The van der Waals surface area contributed by atoms with E-state index in [0.29, 0.717) is 11.1 Å². The van der Waals surface area contributed by atoms with Crippen molar-refractivity contribution in [1.29, 1.82) is 0 Å². The summed E-state index contributed by atoms with van der Waals surface area (Å²) in [4.78, 5) is 11.2. The molecule has 0 radical (unpaired) electrons. The monoisotopic (exact) mass is 383 g/mol. The second-order valence-electron chi connectivity index (χ2n) is 7.98. The van der Waals surface area contributed by atoms with Crippen molar-refractivity contribution >= 4 is 22.5 Å². The summed E-state index contributed by atoms with van der Waals surface area (Å²) in [6, 6.07) is 4.02. The van der Waals surface area contributed by atoms with Crippen LogP contribution in [0.1, 0.15) is 29.7 Å². The quantitative estimate of drug-likeness (QED) is 0.726. The minimum absolute atomic E-state index is 0.211. The Kier molecular flexibility index (Phi) is 3.96. The molecule has 0 spiro atoms. The van der Waals surface area contributed by atoms with Gasteiger partial charge in [0.15, 0.2) is 0 Å². The molecule has 0 bridgehead atoms. The van der Waals surface area contributed by atoms with Crippen molar-refractivity contribution in [2.45, 2.75) is 31.9 Å². The van der Waals surface area contributed by atoms with Crippen LogP contribution in [0, 0.1) is 18.8 Å². The van der Waals surface area contributed by atoms with E-state index >= 15 is 0 Å². The molecule has 1 aliphatic carbocycles. The van der Waals surface area contributed by atoms with Crippen LogP contribution in [0.2, 0.25) is 5.15 Å². The molecule has 3 aromatic rings. The third-order valence-corrected chi connectivity index (χ3v) is 6.56. The van der Waals surface area contributed by atoms with Crippen molar-refractivity contribution in [3.05, 3.63) is 52.7 Å². The summed E-state index contributed by atoms with van der Waals surface area (Å²) >= 11 is 6.14. The number of aromatic nitrogens is 4. The van der Waals surface area contributed by atoms with Crippen LogP contribution >= 0.6 is 11.6 Å². The zero-order valence-corrected chi connectivity index (χ0v) is 15.9. The highest BCUT2D eigenvalue weighted by Gasteiger charge is 2.53. The average Bonchev–Trinajstić information content (AvgIpc) is 3.33. The van der Waals surface area contributed by atoms with Crippen molar-refractivity contribution in [1.82, 2.24) is 25.1 Å². The first kappa shape index (κ1) is 17.1. The first-order valence-electron chi connectivity index (χ1n) is 9.39. The fourth-order valence-electron chi connectivity index (χ4n) is 4.87. The average molecular weight is 384 g/mol. The number of hydrogen-bond donors (Lipinski definition) is 2. The SMILES string of the molecule is Cc1ccc([C@]2(O)CC[C@H]3CN(Cc4cncc5c(Cl)[nH]nc45)C[C@H]32)nc1. The Morgan fingerprint density at radius 1 is 1.30 bits per heavy atom. The summed E-state index contributed by atoms with van der Waals surface area (Å²) in [6.45, 7) is 4.61. The number of aliphatic hydroxyl groups is 1. The van der Waals surface area contributed by atoms with E-state index in [2.05, 4.69) is 25.1 Å². The smallest absolute Gasteiger partial charge is 0.133 e. The van der Waals surface area contributed by atoms with Crippen LogP contribution in [0.4, 0.5) is 0 Å². The van der Waals surface area contributed by atoms with Gasteiger partial charge in [0, 0.05) is 49.7 Å². The molecule has 1 saturated carbocycles. The van der Waals surface area contributed by atoms with Gasteiger partial charge in [0.25, 0.3) is 0 Å². The van der Waals surface area contributed by atoms with Gasteiger partial charge in [-0.2, -0.15) is 5.10 Å². The Morgan fingerprint density at radius 3 is 3.00 bits per heavy atom. The molecule has 27 heavy (non-hydrogen) atoms. The van der Waals surface area contributed by atoms with Crippen LogP contribution in [0.25, 0.3) is 10.9 Å². The molecule has 3 aromatic heterocycles. The van der Waals surface area contributed by atoms with Crippen LogP contribution < -0.4 is 0 Å². The molecule has 4 heterocycles. The van der Waals surface area contributed by atoms with Gasteiger partial charge in [-0.05, 0) is 37.3 Å². The third-order valence-electron chi connectivity index (χ3n) is 6.27. The van der Waals surface area contributed by atoms with Crippen molar-refractivity contribution in [2.24, 2.45) is 11.8 Å². The second-order valence-corrected chi connectivity index (χ2v) is 8.35. The lowest BCUT2D eigenvalue weighted by Crippen LogP contribution is -2.35. The molecule has 7 heteroatoms. The van der Waals surface area contributed by atoms with Crippen molar-refractivity contribution in [3.8, 4) is 0 Å². The van der Waals surface area contributed by atoms with Gasteiger partial charge < -0.3 is 5.11 Å². The summed E-state index contributed by atoms with van der Waals surface area (Å²) in [7, 11) is 0. The molecule has 6 nitrogen and oxygen atoms in total. The van der Waals surface area contributed by atoms with Gasteiger partial charge in [-0.3, -0.25) is 20.0 Å². The number of likely N-dealkylation sites (tertiary alicyclic amines) is 1. The Bertz CT molecular complexity index is 988. The largest absolute Gasteiger partial charge is 0.383 e. The molecule has 0 aromatic carbocycles. The van der Waals surface area contributed by atoms with Gasteiger partial charge in [-0.1, -0.05) is 17.7 Å². The molecule has 3 atom stereocenters. The van der Waals surface area contributed by atoms with Gasteiger partial charge >= 0.3 is 0 Å². The number of nitrogens with zero attached hydrogens (tertiary/aromatic N) is 4. The normalized spacial score (nSPS) is 28.1. The van der Waals surface area contributed by atoms with E-state index in [-0.39, 0.29) is 5.92 Å². The number of halogens is 1. The molecule has 2 aliphatic rings. The van der Waals surface area contributed by atoms with E-state index < -0.39 is 5.60 Å². The van der Waals surface area contributed by atoms with Crippen LogP contribution in [0.3, 0.4) is 0 Å². The number of pyridine rings is 2. The summed E-state index contributed by atoms with van der Waals surface area (Å²) in [6.07, 6.45) is 7.27. The van der Waals surface area contributed by atoms with E-state index in [1.54, 1.807) is 6.20 Å². The summed E-state index contributed by atoms with van der Waals surface area (Å²) in [5.74, 6) is 0.704. The van der Waals surface area contributed by atoms with Crippen LogP contribution in [0.15, 0.2) is 30.7 Å². The zero-order valence-electron chi connectivity index (χ0n) is 15.2. The van der Waals surface area contributed by atoms with Crippen molar-refractivity contribution in [3.63, 3.8) is 0 Å². The van der Waals surface area contributed by atoms with E-state index in [0.717, 1.165) is 60.2 Å². The highest BCUT2D eigenvalue weighted by Crippen LogP contribution is 2.50. The Hall–Kier alpha value is -2.02. The highest BCUT2D eigenvalue weighted by molar-refractivity contribution is 6.34. The minimum Gasteiger partial charge on any atom is -0.383 e. The summed E-state index contributed by atoms with van der Waals surface area (Å²) in [5.41, 5.74) is 3.04. The van der Waals surface area contributed by atoms with Gasteiger partial charge in [0.1, 0.15) is 16.3 Å². The predicted molar refractivity (Wildman–Crippen MR) is 103 cm³/mol. The Balaban J connectivity index is 1.38. The Morgan fingerprint density at radius 2 is 2.19 bits per heavy atom. The molecule has 0 unspecified atom stereocenters. The molecule has 0 amide bonds. The zero-order chi connectivity index (χ0) is 18.6. The highest BCUT2D eigenvalue weighted by atomic mass is 35.5. The molecule has 1 aliphatic heterocycles. The second kappa shape index (κ2) is 6.26. The van der Waals surface area contributed by atoms with Gasteiger partial charge in [-0.25, -0.2) is 0 Å². The first-order valence-corrected chi connectivity index (χ1v) is 9.77. The Labute approximate surface area is 162 Å². The molecular formula is C20H22ClN5O. The van der Waals surface area contributed by atoms with E-state index in [1.165, 1.54) is 0 Å². The number of nitrogens with one attached hydrogen (secondary N) is 1. The number of aromatic amines is 1. The predicted octanol–water partition coefficient (Wildman–Crippen LogP) is 3.04. The molecule has 2 N–H and O–H groups in total. The molecule has 5 rings (SSSR count). The maximum atomic E-state index is 11.4. The minimum atomic E-state index is -0.826. The lowest BCUT2D eigenvalue weighted by atomic mass is 9.85. The van der Waals surface area contributed by atoms with Gasteiger partial charge in [0.2, 0.25) is 0 Å². The maximum Gasteiger partial charge on any atom is 0.133 e. The van der Waals surface area contributed by atoms with E-state index in [1.807, 2.05) is 31.5 Å². The third kappa shape index (κ3) is 2.74. The number of fused-ring (bicyclic) bond motifs is 2. The van der Waals surface area contributed by atoms with Crippen LogP contribution in [0.5, 0.6) is 0 Å². The van der Waals surface area contributed by atoms with Crippen LogP contribution in [-0.2, 0) is 12.1 Å². The molecule has 140 valence electrons. The number of hydrogen-bond acceptors (Lipinski definition) is 5. The summed E-state index contributed by atoms with van der Waals surface area (Å²) < 4.78 is 0.